The van der Waals surface area contributed by atoms with Gasteiger partial charge in [-0.05, 0) is 25.0 Å². The van der Waals surface area contributed by atoms with Gasteiger partial charge in [0.1, 0.15) is 11.8 Å². The van der Waals surface area contributed by atoms with Crippen LogP contribution in [-0.4, -0.2) is 35.9 Å². The van der Waals surface area contributed by atoms with Gasteiger partial charge in [0.25, 0.3) is 5.91 Å². The molecule has 0 spiro atoms. The minimum Gasteiger partial charge on any atom is -0.356 e. The quantitative estimate of drug-likeness (QED) is 0.482. The second-order valence-electron chi connectivity index (χ2n) is 6.65. The fourth-order valence-electron chi connectivity index (χ4n) is 2.59. The fraction of sp³-hybridized carbons (Fsp3) is 0.421. The first-order chi connectivity index (χ1) is 12.8. The Labute approximate surface area is 166 Å². The third-order valence-electron chi connectivity index (χ3n) is 4.19. The second kappa shape index (κ2) is 9.55. The van der Waals surface area contributed by atoms with Crippen molar-refractivity contribution in [1.29, 1.82) is 0 Å². The van der Waals surface area contributed by atoms with E-state index in [9.17, 15) is 19.2 Å². The topological polar surface area (TPSA) is 105 Å². The lowest BCUT2D eigenvalue weighted by Crippen LogP contribution is -2.44. The Bertz CT molecular complexity index is 774. The zero-order valence-corrected chi connectivity index (χ0v) is 16.8. The minimum atomic E-state index is -0.771. The monoisotopic (exact) mass is 435 g/mol. The third kappa shape index (κ3) is 6.39. The van der Waals surface area contributed by atoms with E-state index < -0.39 is 11.8 Å². The minimum absolute atomic E-state index is 0.00490. The van der Waals surface area contributed by atoms with Crippen LogP contribution in [-0.2, 0) is 14.4 Å². The molecule has 2 rings (SSSR count). The van der Waals surface area contributed by atoms with E-state index in [1.54, 1.807) is 12.1 Å². The van der Waals surface area contributed by atoms with Crippen LogP contribution in [0.2, 0.25) is 0 Å². The number of amides is 3. The molecule has 1 heterocycles. The van der Waals surface area contributed by atoms with E-state index in [1.165, 1.54) is 6.92 Å². The van der Waals surface area contributed by atoms with Crippen LogP contribution in [0.25, 0.3) is 0 Å². The molecule has 0 aromatic heterocycles. The molecule has 0 radical (unpaired) electrons. The lowest BCUT2D eigenvalue weighted by molar-refractivity contribution is -0.132. The van der Waals surface area contributed by atoms with Crippen LogP contribution >= 0.6 is 15.9 Å². The van der Waals surface area contributed by atoms with Crippen molar-refractivity contribution in [3.63, 3.8) is 0 Å². The number of halogens is 1. The Balaban J connectivity index is 1.73. The van der Waals surface area contributed by atoms with Crippen LogP contribution in [0.1, 0.15) is 43.5 Å². The van der Waals surface area contributed by atoms with Gasteiger partial charge < -0.3 is 10.6 Å². The van der Waals surface area contributed by atoms with Crippen LogP contribution in [0.5, 0.6) is 0 Å². The Kier molecular flexibility index (Phi) is 7.41. The molecule has 27 heavy (non-hydrogen) atoms. The highest BCUT2D eigenvalue weighted by Crippen LogP contribution is 2.16. The Morgan fingerprint density at radius 3 is 2.52 bits per heavy atom. The van der Waals surface area contributed by atoms with E-state index in [0.29, 0.717) is 5.56 Å². The van der Waals surface area contributed by atoms with Crippen molar-refractivity contribution in [2.45, 2.75) is 33.1 Å². The zero-order chi connectivity index (χ0) is 20.0. The van der Waals surface area contributed by atoms with E-state index in [2.05, 4.69) is 31.6 Å². The molecule has 3 amide bonds. The van der Waals surface area contributed by atoms with Gasteiger partial charge in [0.2, 0.25) is 11.8 Å². The molecule has 0 bridgehead atoms. The number of rotatable bonds is 8. The SMILES string of the molecule is CC(CC(=O)NCCC1=NC(=O)C(C)C(=O)N1)CC(=O)c1ccc(Br)cc1. The first-order valence-electron chi connectivity index (χ1n) is 8.74. The number of hydrogen-bond acceptors (Lipinski definition) is 4. The molecule has 1 aromatic carbocycles. The van der Waals surface area contributed by atoms with E-state index in [-0.39, 0.29) is 55.2 Å². The van der Waals surface area contributed by atoms with Gasteiger partial charge in [-0.2, -0.15) is 4.99 Å². The first kappa shape index (κ1) is 21.0. The Morgan fingerprint density at radius 2 is 1.89 bits per heavy atom. The zero-order valence-electron chi connectivity index (χ0n) is 15.3. The molecule has 144 valence electrons. The molecule has 2 atom stereocenters. The highest BCUT2D eigenvalue weighted by molar-refractivity contribution is 9.10. The number of nitrogens with zero attached hydrogens (tertiary/aromatic N) is 1. The number of carbonyl (C=O) groups excluding carboxylic acids is 4. The van der Waals surface area contributed by atoms with Gasteiger partial charge in [-0.25, -0.2) is 0 Å². The molecule has 7 nitrogen and oxygen atoms in total. The van der Waals surface area contributed by atoms with Crippen LogP contribution < -0.4 is 10.6 Å². The smallest absolute Gasteiger partial charge is 0.259 e. The molecule has 0 saturated heterocycles. The average Bonchev–Trinajstić information content (AvgIpc) is 2.59. The summed E-state index contributed by atoms with van der Waals surface area (Å²) in [4.78, 5) is 51.1. The average molecular weight is 436 g/mol. The normalized spacial score (nSPS) is 17.7. The Morgan fingerprint density at radius 1 is 1.22 bits per heavy atom. The van der Waals surface area contributed by atoms with Gasteiger partial charge in [-0.3, -0.25) is 19.2 Å². The summed E-state index contributed by atoms with van der Waals surface area (Å²) in [5.41, 5.74) is 0.621. The van der Waals surface area contributed by atoms with Gasteiger partial charge >= 0.3 is 0 Å². The van der Waals surface area contributed by atoms with E-state index in [0.717, 1.165) is 4.47 Å². The molecule has 1 aliphatic heterocycles. The van der Waals surface area contributed by atoms with Crippen molar-refractivity contribution >= 4 is 45.3 Å². The lowest BCUT2D eigenvalue weighted by Gasteiger charge is -2.17. The van der Waals surface area contributed by atoms with Crippen LogP contribution in [0.3, 0.4) is 0 Å². The second-order valence-corrected chi connectivity index (χ2v) is 7.57. The number of carbonyl (C=O) groups is 4. The summed E-state index contributed by atoms with van der Waals surface area (Å²) < 4.78 is 0.904. The molecule has 0 aliphatic carbocycles. The van der Waals surface area contributed by atoms with Crippen LogP contribution in [0.15, 0.2) is 33.7 Å². The predicted molar refractivity (Wildman–Crippen MR) is 104 cm³/mol. The maximum atomic E-state index is 12.2. The summed E-state index contributed by atoms with van der Waals surface area (Å²) in [5.74, 6) is -1.65. The molecule has 1 aromatic rings. The van der Waals surface area contributed by atoms with Crippen molar-refractivity contribution in [1.82, 2.24) is 10.6 Å². The summed E-state index contributed by atoms with van der Waals surface area (Å²) in [6.07, 6.45) is 0.767. The van der Waals surface area contributed by atoms with Gasteiger partial charge in [0.05, 0.1) is 0 Å². The van der Waals surface area contributed by atoms with Crippen LogP contribution in [0.4, 0.5) is 0 Å². The van der Waals surface area contributed by atoms with Crippen molar-refractivity contribution in [3.05, 3.63) is 34.3 Å². The van der Waals surface area contributed by atoms with Crippen molar-refractivity contribution < 1.29 is 19.2 Å². The summed E-state index contributed by atoms with van der Waals surface area (Å²) in [6.45, 7) is 3.60. The first-order valence-corrected chi connectivity index (χ1v) is 9.53. The van der Waals surface area contributed by atoms with Gasteiger partial charge in [-0.1, -0.05) is 35.0 Å². The summed E-state index contributed by atoms with van der Waals surface area (Å²) in [7, 11) is 0. The third-order valence-corrected chi connectivity index (χ3v) is 4.72. The van der Waals surface area contributed by atoms with Gasteiger partial charge in [-0.15, -0.1) is 0 Å². The number of Topliss-reactive ketones (excluding diaryl/α,β-unsaturated/α-hetero) is 1. The number of benzene rings is 1. The molecule has 8 heteroatoms. The molecule has 1 aliphatic rings. The maximum Gasteiger partial charge on any atom is 0.259 e. The molecule has 2 unspecified atom stereocenters. The highest BCUT2D eigenvalue weighted by Gasteiger charge is 2.27. The summed E-state index contributed by atoms with van der Waals surface area (Å²) in [5, 5.41) is 5.27. The van der Waals surface area contributed by atoms with Crippen LogP contribution in [0, 0.1) is 11.8 Å². The van der Waals surface area contributed by atoms with Crippen molar-refractivity contribution in [2.24, 2.45) is 16.8 Å². The number of nitrogens with one attached hydrogen (secondary N) is 2. The molecule has 0 saturated carbocycles. The van der Waals surface area contributed by atoms with E-state index >= 15 is 0 Å². The largest absolute Gasteiger partial charge is 0.356 e. The van der Waals surface area contributed by atoms with Gasteiger partial charge in [0, 0.05) is 35.8 Å². The molecule has 0 fully saturated rings. The molecular formula is C19H22BrN3O4. The predicted octanol–water partition coefficient (Wildman–Crippen LogP) is 2.25. The lowest BCUT2D eigenvalue weighted by atomic mass is 9.97. The highest BCUT2D eigenvalue weighted by atomic mass is 79.9. The van der Waals surface area contributed by atoms with E-state index in [4.69, 9.17) is 0 Å². The summed E-state index contributed by atoms with van der Waals surface area (Å²) in [6, 6.07) is 7.12. The standard InChI is InChI=1S/C19H22BrN3O4/c1-11(9-15(24)13-3-5-14(20)6-4-13)10-17(25)21-8-7-16-22-18(26)12(2)19(27)23-16/h3-6,11-12H,7-10H2,1-2H3,(H,21,25)(H,22,23,26,27). The number of ketones is 1. The fourth-order valence-corrected chi connectivity index (χ4v) is 2.85. The molecule has 2 N–H and O–H groups in total. The number of hydrogen-bond donors (Lipinski definition) is 2. The number of amidine groups is 1. The summed E-state index contributed by atoms with van der Waals surface area (Å²) >= 11 is 3.33. The van der Waals surface area contributed by atoms with Crippen molar-refractivity contribution in [2.75, 3.05) is 6.54 Å². The molecular weight excluding hydrogens is 414 g/mol. The van der Waals surface area contributed by atoms with Gasteiger partial charge in [0.15, 0.2) is 5.78 Å². The van der Waals surface area contributed by atoms with E-state index in [1.807, 2.05) is 19.1 Å². The maximum absolute atomic E-state index is 12.2. The Hall–Kier alpha value is -2.35. The number of aliphatic imine (C=N–C) groups is 1. The van der Waals surface area contributed by atoms with Crippen molar-refractivity contribution in [3.8, 4) is 0 Å².